The van der Waals surface area contributed by atoms with Gasteiger partial charge in [-0.2, -0.15) is 0 Å². The van der Waals surface area contributed by atoms with Gasteiger partial charge in [0.15, 0.2) is 0 Å². The largest absolute Gasteiger partial charge is 0.340 e. The van der Waals surface area contributed by atoms with Crippen LogP contribution in [-0.4, -0.2) is 44.9 Å². The van der Waals surface area contributed by atoms with Gasteiger partial charge in [0.2, 0.25) is 5.91 Å². The van der Waals surface area contributed by atoms with Gasteiger partial charge in [-0.3, -0.25) is 4.79 Å². The zero-order valence-corrected chi connectivity index (χ0v) is 10.5. The quantitative estimate of drug-likeness (QED) is 0.824. The molecule has 1 aliphatic carbocycles. The molecule has 1 aliphatic heterocycles. The van der Waals surface area contributed by atoms with E-state index in [1.54, 1.807) is 4.68 Å². The van der Waals surface area contributed by atoms with Crippen LogP contribution in [0.15, 0.2) is 6.20 Å². The Morgan fingerprint density at radius 2 is 2.28 bits per heavy atom. The molecule has 0 radical (unpaired) electrons. The minimum absolute atomic E-state index is 0.0948. The minimum Gasteiger partial charge on any atom is -0.340 e. The third-order valence-electron chi connectivity index (χ3n) is 3.66. The Bertz CT molecular complexity index is 439. The van der Waals surface area contributed by atoms with E-state index in [0.717, 1.165) is 25.1 Å². The molecule has 2 heterocycles. The number of rotatable bonds is 3. The first kappa shape index (κ1) is 11.6. The number of nitrogens with zero attached hydrogens (tertiary/aromatic N) is 4. The number of hydrogen-bond donors (Lipinski definition) is 1. The van der Waals surface area contributed by atoms with Crippen molar-refractivity contribution in [3.05, 3.63) is 11.9 Å². The van der Waals surface area contributed by atoms with Crippen LogP contribution in [0.2, 0.25) is 0 Å². The fourth-order valence-electron chi connectivity index (χ4n) is 2.43. The summed E-state index contributed by atoms with van der Waals surface area (Å²) in [7, 11) is 0. The number of nitrogens with two attached hydrogens (primary N) is 1. The predicted molar refractivity (Wildman–Crippen MR) is 65.8 cm³/mol. The first-order valence-corrected chi connectivity index (χ1v) is 6.66. The highest BCUT2D eigenvalue weighted by Crippen LogP contribution is 2.38. The number of carbonyl (C=O) groups excluding carboxylic acids is 1. The highest BCUT2D eigenvalue weighted by Gasteiger charge is 2.27. The van der Waals surface area contributed by atoms with Crippen LogP contribution in [0.4, 0.5) is 0 Å². The van der Waals surface area contributed by atoms with Crippen LogP contribution in [0, 0.1) is 0 Å². The molecule has 1 amide bonds. The average molecular weight is 249 g/mol. The average Bonchev–Trinajstić information content (AvgIpc) is 3.11. The Morgan fingerprint density at radius 1 is 1.44 bits per heavy atom. The molecule has 1 aromatic heterocycles. The van der Waals surface area contributed by atoms with Gasteiger partial charge < -0.3 is 10.6 Å². The van der Waals surface area contributed by atoms with Crippen LogP contribution >= 0.6 is 0 Å². The highest BCUT2D eigenvalue weighted by molar-refractivity contribution is 5.76. The van der Waals surface area contributed by atoms with E-state index in [0.29, 0.717) is 12.5 Å². The molecular formula is C12H19N5O. The van der Waals surface area contributed by atoms with E-state index in [9.17, 15) is 4.79 Å². The molecule has 1 atom stereocenters. The second kappa shape index (κ2) is 4.68. The van der Waals surface area contributed by atoms with E-state index < -0.39 is 0 Å². The van der Waals surface area contributed by atoms with Crippen molar-refractivity contribution in [2.45, 2.75) is 44.2 Å². The fourth-order valence-corrected chi connectivity index (χ4v) is 2.43. The van der Waals surface area contributed by atoms with Gasteiger partial charge in [0.25, 0.3) is 0 Å². The van der Waals surface area contributed by atoms with Gasteiger partial charge in [-0.1, -0.05) is 5.21 Å². The van der Waals surface area contributed by atoms with Crippen LogP contribution in [0.5, 0.6) is 0 Å². The smallest absolute Gasteiger partial charge is 0.244 e. The molecule has 0 spiro atoms. The lowest BCUT2D eigenvalue weighted by Crippen LogP contribution is -2.46. The summed E-state index contributed by atoms with van der Waals surface area (Å²) in [5, 5.41) is 8.13. The molecule has 0 aromatic carbocycles. The lowest BCUT2D eigenvalue weighted by Gasteiger charge is -2.30. The van der Waals surface area contributed by atoms with Crippen molar-refractivity contribution in [3.63, 3.8) is 0 Å². The van der Waals surface area contributed by atoms with Gasteiger partial charge in [-0.25, -0.2) is 4.68 Å². The van der Waals surface area contributed by atoms with Gasteiger partial charge in [0.1, 0.15) is 6.54 Å². The third kappa shape index (κ3) is 2.53. The summed E-state index contributed by atoms with van der Waals surface area (Å²) in [5.74, 6) is 0.676. The van der Waals surface area contributed by atoms with Gasteiger partial charge in [-0.15, -0.1) is 5.10 Å². The second-order valence-electron chi connectivity index (χ2n) is 5.36. The maximum absolute atomic E-state index is 12.1. The predicted octanol–water partition coefficient (Wildman–Crippen LogP) is 0.105. The molecule has 2 aliphatic rings. The molecule has 1 saturated heterocycles. The first-order valence-electron chi connectivity index (χ1n) is 6.66. The summed E-state index contributed by atoms with van der Waals surface area (Å²) in [6.07, 6.45) is 6.32. The van der Waals surface area contributed by atoms with E-state index in [1.165, 1.54) is 12.8 Å². The lowest BCUT2D eigenvalue weighted by molar-refractivity contribution is -0.133. The van der Waals surface area contributed by atoms with Crippen molar-refractivity contribution in [1.29, 1.82) is 0 Å². The molecule has 18 heavy (non-hydrogen) atoms. The number of carbonyl (C=O) groups is 1. The molecule has 1 aromatic rings. The van der Waals surface area contributed by atoms with Gasteiger partial charge in [0, 0.05) is 31.2 Å². The first-order chi connectivity index (χ1) is 8.72. The zero-order chi connectivity index (χ0) is 12.5. The van der Waals surface area contributed by atoms with E-state index in [-0.39, 0.29) is 18.5 Å². The third-order valence-corrected chi connectivity index (χ3v) is 3.66. The molecule has 0 unspecified atom stereocenters. The summed E-state index contributed by atoms with van der Waals surface area (Å²) >= 11 is 0. The SMILES string of the molecule is N[C@H]1CCCN(C(=O)Cn2cc(C3CC3)nn2)C1. The number of likely N-dealkylation sites (tertiary alicyclic amines) is 1. The zero-order valence-electron chi connectivity index (χ0n) is 10.5. The monoisotopic (exact) mass is 249 g/mol. The maximum Gasteiger partial charge on any atom is 0.244 e. The van der Waals surface area contributed by atoms with E-state index in [4.69, 9.17) is 5.73 Å². The minimum atomic E-state index is 0.0948. The standard InChI is InChI=1S/C12H19N5O/c13-10-2-1-5-16(6-10)12(18)8-17-7-11(14-15-17)9-3-4-9/h7,9-10H,1-6,8,13H2/t10-/m0/s1. The molecule has 6 heteroatoms. The van der Waals surface area contributed by atoms with Gasteiger partial charge in [-0.05, 0) is 25.7 Å². The Kier molecular flexibility index (Phi) is 3.03. The van der Waals surface area contributed by atoms with Gasteiger partial charge in [0.05, 0.1) is 5.69 Å². The number of piperidine rings is 1. The van der Waals surface area contributed by atoms with Crippen molar-refractivity contribution in [2.24, 2.45) is 5.73 Å². The highest BCUT2D eigenvalue weighted by atomic mass is 16.2. The number of amides is 1. The van der Waals surface area contributed by atoms with Gasteiger partial charge >= 0.3 is 0 Å². The Hall–Kier alpha value is -1.43. The molecule has 1 saturated carbocycles. The Labute approximate surface area is 106 Å². The van der Waals surface area contributed by atoms with E-state index in [2.05, 4.69) is 10.3 Å². The van der Waals surface area contributed by atoms with Crippen LogP contribution in [-0.2, 0) is 11.3 Å². The summed E-state index contributed by atoms with van der Waals surface area (Å²) in [4.78, 5) is 13.9. The van der Waals surface area contributed by atoms with E-state index in [1.807, 2.05) is 11.1 Å². The van der Waals surface area contributed by atoms with Crippen molar-refractivity contribution >= 4 is 5.91 Å². The van der Waals surface area contributed by atoms with Crippen LogP contribution in [0.25, 0.3) is 0 Å². The van der Waals surface area contributed by atoms with E-state index >= 15 is 0 Å². The summed E-state index contributed by atoms with van der Waals surface area (Å²) < 4.78 is 1.65. The maximum atomic E-state index is 12.1. The summed E-state index contributed by atoms with van der Waals surface area (Å²) in [6.45, 7) is 1.77. The molecule has 98 valence electrons. The summed E-state index contributed by atoms with van der Waals surface area (Å²) in [5.41, 5.74) is 6.91. The molecule has 2 fully saturated rings. The second-order valence-corrected chi connectivity index (χ2v) is 5.36. The molecular weight excluding hydrogens is 230 g/mol. The topological polar surface area (TPSA) is 77.0 Å². The lowest BCUT2D eigenvalue weighted by atomic mass is 10.1. The molecule has 6 nitrogen and oxygen atoms in total. The Morgan fingerprint density at radius 3 is 3.00 bits per heavy atom. The van der Waals surface area contributed by atoms with Crippen LogP contribution < -0.4 is 5.73 Å². The molecule has 2 N–H and O–H groups in total. The Balaban J connectivity index is 1.58. The number of hydrogen-bond acceptors (Lipinski definition) is 4. The molecule has 0 bridgehead atoms. The molecule has 3 rings (SSSR count). The van der Waals surface area contributed by atoms with Crippen molar-refractivity contribution in [2.75, 3.05) is 13.1 Å². The fraction of sp³-hybridized carbons (Fsp3) is 0.750. The summed E-state index contributed by atoms with van der Waals surface area (Å²) in [6, 6.07) is 0.125. The van der Waals surface area contributed by atoms with Crippen molar-refractivity contribution in [3.8, 4) is 0 Å². The van der Waals surface area contributed by atoms with Crippen LogP contribution in [0.3, 0.4) is 0 Å². The van der Waals surface area contributed by atoms with Crippen LogP contribution in [0.1, 0.15) is 37.3 Å². The van der Waals surface area contributed by atoms with Crippen molar-refractivity contribution in [1.82, 2.24) is 19.9 Å². The normalized spacial score (nSPS) is 24.3. The van der Waals surface area contributed by atoms with Crippen molar-refractivity contribution < 1.29 is 4.79 Å². The number of aromatic nitrogens is 3.